The van der Waals surface area contributed by atoms with Crippen LogP contribution < -0.4 is 0 Å². The Morgan fingerprint density at radius 3 is 2.60 bits per heavy atom. The van der Waals surface area contributed by atoms with E-state index in [9.17, 15) is 14.0 Å². The van der Waals surface area contributed by atoms with Crippen molar-refractivity contribution in [2.45, 2.75) is 11.4 Å². The molecule has 2 unspecified atom stereocenters. The number of hydrogen-bond acceptors (Lipinski definition) is 4. The molecule has 130 valence electrons. The second-order valence-corrected chi connectivity index (χ2v) is 7.05. The van der Waals surface area contributed by atoms with Crippen LogP contribution in [0.3, 0.4) is 0 Å². The number of ether oxygens (including phenoxy) is 1. The fourth-order valence-electron chi connectivity index (χ4n) is 2.73. The second kappa shape index (κ2) is 7.45. The molecule has 0 bridgehead atoms. The largest absolute Gasteiger partial charge is 0.467 e. The number of hydrogen-bond donors (Lipinski definition) is 0. The maximum absolute atomic E-state index is 13.2. The van der Waals surface area contributed by atoms with Gasteiger partial charge in [-0.1, -0.05) is 23.7 Å². The van der Waals surface area contributed by atoms with E-state index >= 15 is 0 Å². The lowest BCUT2D eigenvalue weighted by atomic mass is 10.1. The number of carbonyl (C=O) groups excluding carboxylic acids is 2. The monoisotopic (exact) mass is 379 g/mol. The molecule has 1 aliphatic rings. The first-order valence-electron chi connectivity index (χ1n) is 7.54. The lowest BCUT2D eigenvalue weighted by molar-refractivity contribution is -0.145. The van der Waals surface area contributed by atoms with Crippen molar-refractivity contribution in [3.63, 3.8) is 0 Å². The number of carbonyl (C=O) groups is 2. The molecular formula is C18H15ClFNO3S. The van der Waals surface area contributed by atoms with Crippen molar-refractivity contribution in [2.24, 2.45) is 0 Å². The van der Waals surface area contributed by atoms with E-state index in [0.29, 0.717) is 16.3 Å². The zero-order valence-corrected chi connectivity index (χ0v) is 14.9. The molecule has 0 aromatic heterocycles. The Hall–Kier alpha value is -2.05. The molecular weight excluding hydrogens is 365 g/mol. The summed E-state index contributed by atoms with van der Waals surface area (Å²) >= 11 is 7.53. The third-order valence-corrected chi connectivity index (χ3v) is 5.49. The lowest BCUT2D eigenvalue weighted by Crippen LogP contribution is -2.43. The predicted octanol–water partition coefficient (Wildman–Crippen LogP) is 3.91. The molecule has 3 rings (SSSR count). The van der Waals surface area contributed by atoms with Crippen LogP contribution in [0.5, 0.6) is 0 Å². The number of esters is 1. The molecule has 0 aliphatic carbocycles. The van der Waals surface area contributed by atoms with Crippen molar-refractivity contribution < 1.29 is 18.7 Å². The average Bonchev–Trinajstić information content (AvgIpc) is 3.06. The molecule has 0 radical (unpaired) electrons. The molecule has 1 saturated heterocycles. The van der Waals surface area contributed by atoms with Crippen LogP contribution in [-0.4, -0.2) is 35.7 Å². The van der Waals surface area contributed by atoms with E-state index in [1.54, 1.807) is 18.2 Å². The van der Waals surface area contributed by atoms with Gasteiger partial charge in [0, 0.05) is 16.3 Å². The van der Waals surface area contributed by atoms with Crippen molar-refractivity contribution in [1.82, 2.24) is 4.90 Å². The van der Waals surface area contributed by atoms with Gasteiger partial charge in [-0.05, 0) is 42.0 Å². The van der Waals surface area contributed by atoms with E-state index < -0.39 is 17.8 Å². The average molecular weight is 380 g/mol. The van der Waals surface area contributed by atoms with Crippen molar-refractivity contribution in [3.05, 3.63) is 70.5 Å². The fourth-order valence-corrected chi connectivity index (χ4v) is 4.33. The van der Waals surface area contributed by atoms with Crippen molar-refractivity contribution in [1.29, 1.82) is 0 Å². The van der Waals surface area contributed by atoms with Crippen LogP contribution in [-0.2, 0) is 9.53 Å². The van der Waals surface area contributed by atoms with Gasteiger partial charge in [-0.25, -0.2) is 9.18 Å². The Balaban J connectivity index is 1.99. The van der Waals surface area contributed by atoms with Gasteiger partial charge in [0.25, 0.3) is 5.91 Å². The molecule has 2 aromatic rings. The summed E-state index contributed by atoms with van der Waals surface area (Å²) in [5.74, 6) is -0.849. The van der Waals surface area contributed by atoms with Gasteiger partial charge in [-0.15, -0.1) is 11.8 Å². The number of benzene rings is 2. The molecule has 2 atom stereocenters. The van der Waals surface area contributed by atoms with Gasteiger partial charge >= 0.3 is 5.97 Å². The Kier molecular flexibility index (Phi) is 5.30. The number of amides is 1. The van der Waals surface area contributed by atoms with Crippen LogP contribution in [0.15, 0.2) is 48.5 Å². The highest BCUT2D eigenvalue weighted by atomic mass is 35.5. The first-order valence-corrected chi connectivity index (χ1v) is 8.97. The summed E-state index contributed by atoms with van der Waals surface area (Å²) in [5.41, 5.74) is 1.13. The van der Waals surface area contributed by atoms with Crippen LogP contribution >= 0.6 is 23.4 Å². The van der Waals surface area contributed by atoms with Gasteiger partial charge in [0.15, 0.2) is 0 Å². The van der Waals surface area contributed by atoms with E-state index in [1.165, 1.54) is 48.0 Å². The number of nitrogens with zero attached hydrogens (tertiary/aromatic N) is 1. The minimum Gasteiger partial charge on any atom is -0.467 e. The third-order valence-electron chi connectivity index (χ3n) is 3.93. The van der Waals surface area contributed by atoms with Crippen LogP contribution in [0, 0.1) is 5.82 Å². The number of halogens is 2. The molecule has 1 aliphatic heterocycles. The van der Waals surface area contributed by atoms with E-state index in [4.69, 9.17) is 16.3 Å². The standard InChI is InChI=1S/C18H15ClFNO3S/c1-24-18(23)15-10-25-17(12-3-2-4-13(19)9-12)21(15)16(22)11-5-7-14(20)8-6-11/h2-9,15,17H,10H2,1H3. The minimum absolute atomic E-state index is 0.310. The Morgan fingerprint density at radius 1 is 1.24 bits per heavy atom. The number of rotatable bonds is 3. The SMILES string of the molecule is COC(=O)C1CSC(c2cccc(Cl)c2)N1C(=O)c1ccc(F)cc1. The first kappa shape index (κ1) is 17.8. The molecule has 25 heavy (non-hydrogen) atoms. The summed E-state index contributed by atoms with van der Waals surface area (Å²) in [6.45, 7) is 0. The van der Waals surface area contributed by atoms with E-state index in [-0.39, 0.29) is 11.3 Å². The molecule has 0 spiro atoms. The quantitative estimate of drug-likeness (QED) is 0.758. The summed E-state index contributed by atoms with van der Waals surface area (Å²) in [4.78, 5) is 26.6. The van der Waals surface area contributed by atoms with Gasteiger partial charge in [-0.3, -0.25) is 4.79 Å². The number of methoxy groups -OCH3 is 1. The highest BCUT2D eigenvalue weighted by Crippen LogP contribution is 2.43. The van der Waals surface area contributed by atoms with Crippen LogP contribution in [0.2, 0.25) is 5.02 Å². The molecule has 4 nitrogen and oxygen atoms in total. The summed E-state index contributed by atoms with van der Waals surface area (Å²) in [5, 5.41) is 0.175. The summed E-state index contributed by atoms with van der Waals surface area (Å²) in [6.07, 6.45) is 0. The van der Waals surface area contributed by atoms with Crippen molar-refractivity contribution in [3.8, 4) is 0 Å². The molecule has 1 heterocycles. The predicted molar refractivity (Wildman–Crippen MR) is 95.0 cm³/mol. The maximum Gasteiger partial charge on any atom is 0.329 e. The third kappa shape index (κ3) is 3.65. The number of thioether (sulfide) groups is 1. The molecule has 1 amide bonds. The zero-order chi connectivity index (χ0) is 18.0. The highest BCUT2D eigenvalue weighted by molar-refractivity contribution is 7.99. The Labute approximate surface area is 153 Å². The van der Waals surface area contributed by atoms with Gasteiger partial charge in [0.05, 0.1) is 7.11 Å². The van der Waals surface area contributed by atoms with Gasteiger partial charge < -0.3 is 9.64 Å². The van der Waals surface area contributed by atoms with Crippen molar-refractivity contribution in [2.75, 3.05) is 12.9 Å². The topological polar surface area (TPSA) is 46.6 Å². The summed E-state index contributed by atoms with van der Waals surface area (Å²) < 4.78 is 18.0. The maximum atomic E-state index is 13.2. The molecule has 1 fully saturated rings. The van der Waals surface area contributed by atoms with Gasteiger partial charge in [0.1, 0.15) is 17.2 Å². The van der Waals surface area contributed by atoms with Gasteiger partial charge in [-0.2, -0.15) is 0 Å². The minimum atomic E-state index is -0.712. The van der Waals surface area contributed by atoms with E-state index in [1.807, 2.05) is 6.07 Å². The first-order chi connectivity index (χ1) is 12.0. The van der Waals surface area contributed by atoms with Crippen LogP contribution in [0.1, 0.15) is 21.3 Å². The molecule has 0 N–H and O–H groups in total. The highest BCUT2D eigenvalue weighted by Gasteiger charge is 2.43. The summed E-state index contributed by atoms with van der Waals surface area (Å²) in [6, 6.07) is 11.7. The van der Waals surface area contributed by atoms with Crippen LogP contribution in [0.25, 0.3) is 0 Å². The van der Waals surface area contributed by atoms with Crippen LogP contribution in [0.4, 0.5) is 4.39 Å². The molecule has 0 saturated carbocycles. The molecule has 2 aromatic carbocycles. The van der Waals surface area contributed by atoms with E-state index in [2.05, 4.69) is 0 Å². The molecule has 7 heteroatoms. The second-order valence-electron chi connectivity index (χ2n) is 5.50. The smallest absolute Gasteiger partial charge is 0.329 e. The normalized spacial score (nSPS) is 19.7. The zero-order valence-electron chi connectivity index (χ0n) is 13.3. The van der Waals surface area contributed by atoms with E-state index in [0.717, 1.165) is 5.56 Å². The van der Waals surface area contributed by atoms with Gasteiger partial charge in [0.2, 0.25) is 0 Å². The van der Waals surface area contributed by atoms with Crippen molar-refractivity contribution >= 4 is 35.2 Å². The fraction of sp³-hybridized carbons (Fsp3) is 0.222. The Morgan fingerprint density at radius 2 is 1.96 bits per heavy atom. The lowest BCUT2D eigenvalue weighted by Gasteiger charge is -2.28. The summed E-state index contributed by atoms with van der Waals surface area (Å²) in [7, 11) is 1.29. The Bertz CT molecular complexity index is 799.